The molecule has 0 fully saturated rings. The van der Waals surface area contributed by atoms with Gasteiger partial charge >= 0.3 is 0 Å². The van der Waals surface area contributed by atoms with Crippen LogP contribution in [0, 0.1) is 13.8 Å². The van der Waals surface area contributed by atoms with Gasteiger partial charge in [-0.3, -0.25) is 14.5 Å². The Morgan fingerprint density at radius 1 is 0.967 bits per heavy atom. The van der Waals surface area contributed by atoms with Crippen molar-refractivity contribution in [1.82, 2.24) is 4.98 Å². The minimum Gasteiger partial charge on any atom is -0.450 e. The zero-order valence-corrected chi connectivity index (χ0v) is 17.9. The normalized spacial score (nSPS) is 15.6. The Kier molecular flexibility index (Phi) is 4.33. The zero-order chi connectivity index (χ0) is 21.0. The van der Waals surface area contributed by atoms with E-state index in [1.807, 2.05) is 56.3 Å². The van der Waals surface area contributed by atoms with E-state index in [2.05, 4.69) is 20.9 Å². The van der Waals surface area contributed by atoms with Gasteiger partial charge in [-0.2, -0.15) is 0 Å². The highest BCUT2D eigenvalue weighted by Gasteiger charge is 2.44. The van der Waals surface area contributed by atoms with Gasteiger partial charge in [0.05, 0.1) is 17.0 Å². The largest absolute Gasteiger partial charge is 0.450 e. The van der Waals surface area contributed by atoms with E-state index in [-0.39, 0.29) is 17.1 Å². The van der Waals surface area contributed by atoms with Crippen LogP contribution in [0.5, 0.6) is 0 Å². The molecule has 1 aliphatic heterocycles. The summed E-state index contributed by atoms with van der Waals surface area (Å²) in [5.74, 6) is 0.196. The molecule has 5 rings (SSSR count). The molecule has 1 aliphatic rings. The Balaban J connectivity index is 1.83. The minimum atomic E-state index is -0.615. The second-order valence-electron chi connectivity index (χ2n) is 7.49. The predicted molar refractivity (Wildman–Crippen MR) is 119 cm³/mol. The molecule has 1 amide bonds. The molecule has 0 saturated carbocycles. The summed E-state index contributed by atoms with van der Waals surface area (Å²) in [6.45, 7) is 3.86. The number of rotatable bonds is 2. The standard InChI is InChI=1S/C24H17BrN2O3/c1-13-3-8-18-17(11-13)22(28)20-21(15-4-6-16(25)7-5-15)27(24(29)23(20)30-18)19-12-14(2)9-10-26-19/h3-12,21H,1-2H3/t21-/m1/s1. The lowest BCUT2D eigenvalue weighted by atomic mass is 9.98. The van der Waals surface area contributed by atoms with Gasteiger partial charge in [-0.05, 0) is 61.4 Å². The minimum absolute atomic E-state index is 0.0765. The molecule has 0 spiro atoms. The Morgan fingerprint density at radius 2 is 1.70 bits per heavy atom. The monoisotopic (exact) mass is 460 g/mol. The average molecular weight is 461 g/mol. The second-order valence-corrected chi connectivity index (χ2v) is 8.41. The summed E-state index contributed by atoms with van der Waals surface area (Å²) in [4.78, 5) is 33.0. The summed E-state index contributed by atoms with van der Waals surface area (Å²) in [6.07, 6.45) is 1.66. The van der Waals surface area contributed by atoms with E-state index < -0.39 is 6.04 Å². The molecule has 6 heteroatoms. The maximum Gasteiger partial charge on any atom is 0.296 e. The summed E-state index contributed by atoms with van der Waals surface area (Å²) < 4.78 is 6.90. The first-order chi connectivity index (χ1) is 14.4. The van der Waals surface area contributed by atoms with Crippen LogP contribution in [0.25, 0.3) is 11.0 Å². The van der Waals surface area contributed by atoms with E-state index in [9.17, 15) is 9.59 Å². The van der Waals surface area contributed by atoms with Crippen LogP contribution in [0.15, 0.2) is 74.5 Å². The highest BCUT2D eigenvalue weighted by molar-refractivity contribution is 9.10. The maximum absolute atomic E-state index is 13.5. The van der Waals surface area contributed by atoms with Crippen molar-refractivity contribution in [2.24, 2.45) is 0 Å². The van der Waals surface area contributed by atoms with Crippen molar-refractivity contribution < 1.29 is 9.21 Å². The number of benzene rings is 2. The maximum atomic E-state index is 13.5. The molecule has 30 heavy (non-hydrogen) atoms. The van der Waals surface area contributed by atoms with Crippen LogP contribution >= 0.6 is 15.9 Å². The molecule has 0 aliphatic carbocycles. The number of carbonyl (C=O) groups excluding carboxylic acids is 1. The van der Waals surface area contributed by atoms with Crippen LogP contribution < -0.4 is 10.3 Å². The number of nitrogens with zero attached hydrogens (tertiary/aromatic N) is 2. The van der Waals surface area contributed by atoms with Crippen LogP contribution in [-0.4, -0.2) is 10.9 Å². The van der Waals surface area contributed by atoms with Crippen molar-refractivity contribution in [3.8, 4) is 0 Å². The molecule has 3 heterocycles. The molecule has 148 valence electrons. The number of aryl methyl sites for hydroxylation is 2. The first-order valence-electron chi connectivity index (χ1n) is 9.53. The number of halogens is 1. The van der Waals surface area contributed by atoms with Gasteiger partial charge in [0.15, 0.2) is 5.43 Å². The first kappa shape index (κ1) is 18.8. The predicted octanol–water partition coefficient (Wildman–Crippen LogP) is 5.32. The van der Waals surface area contributed by atoms with Crippen molar-refractivity contribution in [3.05, 3.63) is 104 Å². The molecule has 0 unspecified atom stereocenters. The number of pyridine rings is 1. The van der Waals surface area contributed by atoms with Gasteiger partial charge in [-0.25, -0.2) is 4.98 Å². The zero-order valence-electron chi connectivity index (χ0n) is 16.3. The summed E-state index contributed by atoms with van der Waals surface area (Å²) >= 11 is 3.45. The lowest BCUT2D eigenvalue weighted by molar-refractivity contribution is 0.0970. The fraction of sp³-hybridized carbons (Fsp3) is 0.125. The molecular formula is C24H17BrN2O3. The number of amides is 1. The average Bonchev–Trinajstić information content (AvgIpc) is 3.02. The molecule has 0 radical (unpaired) electrons. The molecule has 0 bridgehead atoms. The van der Waals surface area contributed by atoms with E-state index >= 15 is 0 Å². The summed E-state index contributed by atoms with van der Waals surface area (Å²) in [7, 11) is 0. The third-order valence-corrected chi connectivity index (χ3v) is 5.89. The topological polar surface area (TPSA) is 63.4 Å². The molecular weight excluding hydrogens is 444 g/mol. The molecule has 0 saturated heterocycles. The summed E-state index contributed by atoms with van der Waals surface area (Å²) in [5.41, 5.74) is 3.31. The Hall–Kier alpha value is -3.25. The molecule has 5 nitrogen and oxygen atoms in total. The smallest absolute Gasteiger partial charge is 0.296 e. The van der Waals surface area contributed by atoms with Gasteiger partial charge in [0.25, 0.3) is 5.91 Å². The van der Waals surface area contributed by atoms with Gasteiger partial charge in [0.1, 0.15) is 11.4 Å². The van der Waals surface area contributed by atoms with E-state index in [1.54, 1.807) is 23.2 Å². The third kappa shape index (κ3) is 2.87. The molecule has 0 N–H and O–H groups in total. The van der Waals surface area contributed by atoms with Crippen LogP contribution in [0.1, 0.15) is 38.9 Å². The van der Waals surface area contributed by atoms with Gasteiger partial charge in [0, 0.05) is 10.7 Å². The van der Waals surface area contributed by atoms with Crippen molar-refractivity contribution >= 4 is 38.6 Å². The summed E-state index contributed by atoms with van der Waals surface area (Å²) in [5, 5.41) is 0.475. The number of anilines is 1. The third-order valence-electron chi connectivity index (χ3n) is 5.36. The fourth-order valence-corrected chi connectivity index (χ4v) is 4.20. The van der Waals surface area contributed by atoms with Crippen molar-refractivity contribution in [1.29, 1.82) is 0 Å². The van der Waals surface area contributed by atoms with Gasteiger partial charge in [-0.1, -0.05) is 39.7 Å². The fourth-order valence-electron chi connectivity index (χ4n) is 3.94. The van der Waals surface area contributed by atoms with Crippen molar-refractivity contribution in [3.63, 3.8) is 0 Å². The van der Waals surface area contributed by atoms with Crippen molar-refractivity contribution in [2.75, 3.05) is 4.90 Å². The highest BCUT2D eigenvalue weighted by atomic mass is 79.9. The number of hydrogen-bond acceptors (Lipinski definition) is 4. The van der Waals surface area contributed by atoms with Crippen LogP contribution in [0.3, 0.4) is 0 Å². The van der Waals surface area contributed by atoms with Crippen molar-refractivity contribution in [2.45, 2.75) is 19.9 Å². The first-order valence-corrected chi connectivity index (χ1v) is 10.3. The molecule has 1 atom stereocenters. The van der Waals surface area contributed by atoms with E-state index in [0.29, 0.717) is 22.4 Å². The van der Waals surface area contributed by atoms with Gasteiger partial charge in [0.2, 0.25) is 5.76 Å². The lowest BCUT2D eigenvalue weighted by Crippen LogP contribution is -2.30. The van der Waals surface area contributed by atoms with Crippen LogP contribution in [-0.2, 0) is 0 Å². The van der Waals surface area contributed by atoms with Crippen LogP contribution in [0.2, 0.25) is 0 Å². The van der Waals surface area contributed by atoms with Gasteiger partial charge < -0.3 is 4.42 Å². The Bertz CT molecular complexity index is 1380. The van der Waals surface area contributed by atoms with Gasteiger partial charge in [-0.15, -0.1) is 0 Å². The van der Waals surface area contributed by atoms with E-state index in [0.717, 1.165) is 21.2 Å². The highest BCUT2D eigenvalue weighted by Crippen LogP contribution is 2.40. The molecule has 2 aromatic carbocycles. The number of hydrogen-bond donors (Lipinski definition) is 0. The number of aromatic nitrogens is 1. The van der Waals surface area contributed by atoms with E-state index in [1.165, 1.54) is 0 Å². The Morgan fingerprint density at radius 3 is 2.43 bits per heavy atom. The van der Waals surface area contributed by atoms with Crippen LogP contribution in [0.4, 0.5) is 5.82 Å². The molecule has 4 aromatic rings. The second kappa shape index (κ2) is 6.92. The lowest BCUT2D eigenvalue weighted by Gasteiger charge is -2.24. The quantitative estimate of drug-likeness (QED) is 0.406. The summed E-state index contributed by atoms with van der Waals surface area (Å²) in [6, 6.07) is 16.1. The molecule has 2 aromatic heterocycles. The SMILES string of the molecule is Cc1ccnc(N2C(=O)c3oc4ccc(C)cc4c(=O)c3[C@H]2c2ccc(Br)cc2)c1. The van der Waals surface area contributed by atoms with E-state index in [4.69, 9.17) is 4.42 Å². The number of carbonyl (C=O) groups is 1. The Labute approximate surface area is 181 Å². The number of fused-ring (bicyclic) bond motifs is 2.